The van der Waals surface area contributed by atoms with Crippen molar-refractivity contribution in [2.75, 3.05) is 12.0 Å². The SMILES string of the molecule is COc1ccccc1CNC(=O)[C@@]1(C)Cc2ccccc2C(=O)N1c1ccc(C)cc1. The lowest BCUT2D eigenvalue weighted by Crippen LogP contribution is -2.63. The van der Waals surface area contributed by atoms with Gasteiger partial charge in [0.15, 0.2) is 0 Å². The van der Waals surface area contributed by atoms with Crippen LogP contribution in [0.15, 0.2) is 72.8 Å². The number of amides is 2. The molecule has 0 saturated carbocycles. The van der Waals surface area contributed by atoms with E-state index in [9.17, 15) is 9.59 Å². The summed E-state index contributed by atoms with van der Waals surface area (Å²) in [6, 6.07) is 22.8. The number of carbonyl (C=O) groups is 2. The first-order valence-corrected chi connectivity index (χ1v) is 10.3. The zero-order valence-corrected chi connectivity index (χ0v) is 18.0. The molecule has 158 valence electrons. The highest BCUT2D eigenvalue weighted by Crippen LogP contribution is 2.35. The van der Waals surface area contributed by atoms with E-state index in [0.717, 1.165) is 16.7 Å². The van der Waals surface area contributed by atoms with Crippen LogP contribution in [0.4, 0.5) is 5.69 Å². The van der Waals surface area contributed by atoms with Gasteiger partial charge in [0.25, 0.3) is 5.91 Å². The van der Waals surface area contributed by atoms with Crippen LogP contribution in [0, 0.1) is 6.92 Å². The second kappa shape index (κ2) is 8.26. The number of methoxy groups -OCH3 is 1. The topological polar surface area (TPSA) is 58.6 Å². The van der Waals surface area contributed by atoms with E-state index in [0.29, 0.717) is 30.0 Å². The van der Waals surface area contributed by atoms with E-state index in [1.165, 1.54) is 0 Å². The molecule has 3 aromatic rings. The van der Waals surface area contributed by atoms with Gasteiger partial charge in [-0.3, -0.25) is 14.5 Å². The molecule has 0 radical (unpaired) electrons. The number of ether oxygens (including phenoxy) is 1. The van der Waals surface area contributed by atoms with Gasteiger partial charge in [-0.25, -0.2) is 0 Å². The molecule has 0 aromatic heterocycles. The van der Waals surface area contributed by atoms with Gasteiger partial charge < -0.3 is 10.1 Å². The summed E-state index contributed by atoms with van der Waals surface area (Å²) in [4.78, 5) is 28.7. The van der Waals surface area contributed by atoms with Crippen LogP contribution < -0.4 is 15.0 Å². The van der Waals surface area contributed by atoms with Crippen molar-refractivity contribution in [2.45, 2.75) is 32.4 Å². The van der Waals surface area contributed by atoms with Crippen LogP contribution in [0.1, 0.15) is 34.0 Å². The minimum atomic E-state index is -1.07. The first kappa shape index (κ1) is 20.7. The Balaban J connectivity index is 1.70. The van der Waals surface area contributed by atoms with Crippen molar-refractivity contribution in [1.82, 2.24) is 5.32 Å². The Morgan fingerprint density at radius 1 is 1.03 bits per heavy atom. The average molecular weight is 415 g/mol. The van der Waals surface area contributed by atoms with E-state index >= 15 is 0 Å². The number of anilines is 1. The van der Waals surface area contributed by atoms with Crippen molar-refractivity contribution in [3.8, 4) is 5.75 Å². The lowest BCUT2D eigenvalue weighted by Gasteiger charge is -2.44. The molecule has 5 heteroatoms. The summed E-state index contributed by atoms with van der Waals surface area (Å²) in [7, 11) is 1.61. The van der Waals surface area contributed by atoms with Crippen LogP contribution in [0.2, 0.25) is 0 Å². The molecule has 0 bridgehead atoms. The maximum atomic E-state index is 13.6. The maximum Gasteiger partial charge on any atom is 0.259 e. The minimum absolute atomic E-state index is 0.166. The number of para-hydroxylation sites is 1. The normalized spacial score (nSPS) is 17.8. The van der Waals surface area contributed by atoms with Crippen molar-refractivity contribution >= 4 is 17.5 Å². The third kappa shape index (κ3) is 3.79. The molecule has 1 heterocycles. The summed E-state index contributed by atoms with van der Waals surface area (Å²) >= 11 is 0. The van der Waals surface area contributed by atoms with Gasteiger partial charge in [-0.15, -0.1) is 0 Å². The zero-order valence-electron chi connectivity index (χ0n) is 18.0. The minimum Gasteiger partial charge on any atom is -0.496 e. The largest absolute Gasteiger partial charge is 0.496 e. The number of rotatable bonds is 5. The molecule has 3 aromatic carbocycles. The Labute approximate surface area is 182 Å². The molecule has 31 heavy (non-hydrogen) atoms. The number of fused-ring (bicyclic) bond motifs is 1. The van der Waals surface area contributed by atoms with Crippen LogP contribution in [0.5, 0.6) is 5.75 Å². The lowest BCUT2D eigenvalue weighted by molar-refractivity contribution is -0.126. The molecule has 0 aliphatic carbocycles. The average Bonchev–Trinajstić information content (AvgIpc) is 2.79. The van der Waals surface area contributed by atoms with Crippen LogP contribution >= 0.6 is 0 Å². The summed E-state index contributed by atoms with van der Waals surface area (Å²) in [6.07, 6.45) is 0.431. The van der Waals surface area contributed by atoms with Gasteiger partial charge >= 0.3 is 0 Å². The van der Waals surface area contributed by atoms with E-state index in [1.807, 2.05) is 86.6 Å². The summed E-state index contributed by atoms with van der Waals surface area (Å²) in [5.74, 6) is 0.343. The van der Waals surface area contributed by atoms with E-state index in [2.05, 4.69) is 5.32 Å². The van der Waals surface area contributed by atoms with Gasteiger partial charge in [0.2, 0.25) is 5.91 Å². The molecule has 0 saturated heterocycles. The van der Waals surface area contributed by atoms with Crippen LogP contribution in [-0.2, 0) is 17.8 Å². The van der Waals surface area contributed by atoms with Crippen molar-refractivity contribution < 1.29 is 14.3 Å². The number of nitrogens with one attached hydrogen (secondary N) is 1. The molecule has 4 rings (SSSR count). The standard InChI is InChI=1S/C26H26N2O3/c1-18-12-14-21(15-13-18)28-24(29)22-10-6-4-8-19(22)16-26(28,2)25(30)27-17-20-9-5-7-11-23(20)31-3/h4-15H,16-17H2,1-3H3,(H,27,30)/t26-/m1/s1. The van der Waals surface area contributed by atoms with E-state index < -0.39 is 5.54 Å². The smallest absolute Gasteiger partial charge is 0.259 e. The molecular formula is C26H26N2O3. The first-order valence-electron chi connectivity index (χ1n) is 10.3. The zero-order chi connectivity index (χ0) is 22.0. The molecule has 1 atom stereocenters. The highest BCUT2D eigenvalue weighted by molar-refractivity contribution is 6.14. The second-order valence-electron chi connectivity index (χ2n) is 8.08. The first-order chi connectivity index (χ1) is 14.9. The summed E-state index contributed by atoms with van der Waals surface area (Å²) in [5.41, 5.74) is 3.13. The Morgan fingerprint density at radius 3 is 2.45 bits per heavy atom. The van der Waals surface area contributed by atoms with Crippen molar-refractivity contribution in [2.24, 2.45) is 0 Å². The lowest BCUT2D eigenvalue weighted by atomic mass is 9.82. The van der Waals surface area contributed by atoms with Gasteiger partial charge in [-0.1, -0.05) is 54.1 Å². The van der Waals surface area contributed by atoms with E-state index in [1.54, 1.807) is 12.0 Å². The predicted octanol–water partition coefficient (Wildman–Crippen LogP) is 4.28. The quantitative estimate of drug-likeness (QED) is 0.678. The van der Waals surface area contributed by atoms with Gasteiger partial charge in [-0.2, -0.15) is 0 Å². The highest BCUT2D eigenvalue weighted by Gasteiger charge is 2.47. The summed E-state index contributed by atoms with van der Waals surface area (Å²) in [5, 5.41) is 3.03. The van der Waals surface area contributed by atoms with Gasteiger partial charge in [0, 0.05) is 29.8 Å². The van der Waals surface area contributed by atoms with Crippen LogP contribution in [0.25, 0.3) is 0 Å². The van der Waals surface area contributed by atoms with Crippen LogP contribution in [-0.4, -0.2) is 24.5 Å². The molecule has 1 aliphatic rings. The Kier molecular flexibility index (Phi) is 5.51. The van der Waals surface area contributed by atoms with Crippen molar-refractivity contribution in [3.05, 3.63) is 95.1 Å². The summed E-state index contributed by atoms with van der Waals surface area (Å²) < 4.78 is 5.40. The van der Waals surface area contributed by atoms with Gasteiger partial charge in [0.05, 0.1) is 7.11 Å². The van der Waals surface area contributed by atoms with Gasteiger partial charge in [0.1, 0.15) is 11.3 Å². The number of hydrogen-bond donors (Lipinski definition) is 1. The van der Waals surface area contributed by atoms with E-state index in [-0.39, 0.29) is 11.8 Å². The van der Waals surface area contributed by atoms with E-state index in [4.69, 9.17) is 4.74 Å². The Hall–Kier alpha value is -3.60. The van der Waals surface area contributed by atoms with Crippen LogP contribution in [0.3, 0.4) is 0 Å². The fraction of sp³-hybridized carbons (Fsp3) is 0.231. The van der Waals surface area contributed by atoms with Gasteiger partial charge in [-0.05, 0) is 43.7 Å². The molecule has 2 amide bonds. The second-order valence-corrected chi connectivity index (χ2v) is 8.08. The van der Waals surface area contributed by atoms with Crippen molar-refractivity contribution in [1.29, 1.82) is 0 Å². The molecule has 0 fully saturated rings. The van der Waals surface area contributed by atoms with Crippen molar-refractivity contribution in [3.63, 3.8) is 0 Å². The molecular weight excluding hydrogens is 388 g/mol. The Bertz CT molecular complexity index is 1120. The number of benzene rings is 3. The molecule has 0 unspecified atom stereocenters. The monoisotopic (exact) mass is 414 g/mol. The highest BCUT2D eigenvalue weighted by atomic mass is 16.5. The number of nitrogens with zero attached hydrogens (tertiary/aromatic N) is 1. The summed E-state index contributed by atoms with van der Waals surface area (Å²) in [6.45, 7) is 4.14. The number of carbonyl (C=O) groups excluding carboxylic acids is 2. The fourth-order valence-corrected chi connectivity index (χ4v) is 4.17. The molecule has 5 nitrogen and oxygen atoms in total. The maximum absolute atomic E-state index is 13.6. The Morgan fingerprint density at radius 2 is 1.71 bits per heavy atom. The molecule has 0 spiro atoms. The third-order valence-electron chi connectivity index (χ3n) is 5.89. The predicted molar refractivity (Wildman–Crippen MR) is 121 cm³/mol. The third-order valence-corrected chi connectivity index (χ3v) is 5.89. The number of hydrogen-bond acceptors (Lipinski definition) is 3. The molecule has 1 aliphatic heterocycles. The fourth-order valence-electron chi connectivity index (χ4n) is 4.17. The molecule has 1 N–H and O–H groups in total. The number of aryl methyl sites for hydroxylation is 1.